The van der Waals surface area contributed by atoms with Crippen LogP contribution in [0.5, 0.6) is 0 Å². The molecule has 15 heteroatoms. The Morgan fingerprint density at radius 2 is 1.14 bits per heavy atom. The van der Waals surface area contributed by atoms with Crippen LogP contribution in [-0.2, 0) is 60.4 Å². The summed E-state index contributed by atoms with van der Waals surface area (Å²) in [6, 6.07) is 19.3. The Morgan fingerprint density at radius 1 is 0.676 bits per heavy atom. The molecule has 13 nitrogen and oxygen atoms in total. The lowest BCUT2D eigenvalue weighted by Crippen LogP contribution is -2.66. The van der Waals surface area contributed by atoms with Crippen molar-refractivity contribution < 1.29 is 55.3 Å². The number of esters is 2. The maximum absolute atomic E-state index is 14.0. The molecule has 71 heavy (non-hydrogen) atoms. The van der Waals surface area contributed by atoms with E-state index in [9.17, 15) is 32.5 Å². The third-order valence-corrected chi connectivity index (χ3v) is 19.1. The summed E-state index contributed by atoms with van der Waals surface area (Å²) < 4.78 is 64.3. The standard InChI is InChI=1S/C56H93NO12SSi/c1-7-8-9-10-11-12-13-20-31-40-47(66-50(59)41-32-21-16-14-18-25-34-45-36-27-23-28-37-45)43-49(58)57-52-54(68-51(60)42-33-22-17-15-19-26-35-46-38-29-24-30-39-46)53(69-70(62,63)64)48(67-55(52)61)44-65-71(5,6)56(2,3)4/h23-24,27-30,36-39,47-48,52-55,61H,7-22,25-26,31-35,40-44H2,1-6H3,(H,57,58)(H,62,63,64)/t47-,48-,52-,53-,54-,55?/m1/s1. The lowest BCUT2D eigenvalue weighted by atomic mass is 9.96. The molecule has 0 radical (unpaired) electrons. The van der Waals surface area contributed by atoms with Crippen LogP contribution in [0.3, 0.4) is 0 Å². The minimum Gasteiger partial charge on any atom is -0.462 e. The van der Waals surface area contributed by atoms with Crippen LogP contribution in [0, 0.1) is 0 Å². The van der Waals surface area contributed by atoms with Crippen molar-refractivity contribution in [3.8, 4) is 0 Å². The fourth-order valence-electron chi connectivity index (χ4n) is 8.80. The van der Waals surface area contributed by atoms with Gasteiger partial charge in [-0.1, -0.05) is 191 Å². The first-order valence-electron chi connectivity index (χ1n) is 27.3. The number of aliphatic hydroxyl groups excluding tert-OH is 1. The molecule has 1 unspecified atom stereocenters. The zero-order chi connectivity index (χ0) is 52.0. The van der Waals surface area contributed by atoms with Crippen molar-refractivity contribution in [1.82, 2.24) is 5.32 Å². The summed E-state index contributed by atoms with van der Waals surface area (Å²) in [5.74, 6) is -1.70. The van der Waals surface area contributed by atoms with Crippen LogP contribution >= 0.6 is 0 Å². The average Bonchev–Trinajstić information content (AvgIpc) is 3.31. The first-order chi connectivity index (χ1) is 33.9. The molecule has 0 bridgehead atoms. The number of carbonyl (C=O) groups is 3. The highest BCUT2D eigenvalue weighted by atomic mass is 32.3. The summed E-state index contributed by atoms with van der Waals surface area (Å²) >= 11 is 0. The van der Waals surface area contributed by atoms with Crippen LogP contribution in [0.15, 0.2) is 60.7 Å². The van der Waals surface area contributed by atoms with Gasteiger partial charge in [0.25, 0.3) is 0 Å². The van der Waals surface area contributed by atoms with Crippen molar-refractivity contribution in [3.05, 3.63) is 71.8 Å². The molecule has 1 heterocycles. The largest absolute Gasteiger partial charge is 0.462 e. The summed E-state index contributed by atoms with van der Waals surface area (Å²) in [4.78, 5) is 40.9. The minimum absolute atomic E-state index is 0.00705. The molecule has 6 atom stereocenters. The van der Waals surface area contributed by atoms with Gasteiger partial charge < -0.3 is 29.1 Å². The molecule has 1 fully saturated rings. The van der Waals surface area contributed by atoms with Crippen LogP contribution in [0.2, 0.25) is 18.1 Å². The Kier molecular flexibility index (Phi) is 30.0. The maximum Gasteiger partial charge on any atom is 0.397 e. The summed E-state index contributed by atoms with van der Waals surface area (Å²) in [5.41, 5.74) is 2.65. The van der Waals surface area contributed by atoms with E-state index in [4.69, 9.17) is 22.8 Å². The quantitative estimate of drug-likeness (QED) is 0.0251. The first kappa shape index (κ1) is 62.1. The number of ether oxygens (including phenoxy) is 3. The highest BCUT2D eigenvalue weighted by Gasteiger charge is 2.52. The predicted molar refractivity (Wildman–Crippen MR) is 284 cm³/mol. The summed E-state index contributed by atoms with van der Waals surface area (Å²) in [7, 11) is -7.66. The first-order valence-corrected chi connectivity index (χ1v) is 31.5. The predicted octanol–water partition coefficient (Wildman–Crippen LogP) is 12.5. The summed E-state index contributed by atoms with van der Waals surface area (Å²) in [6.45, 7) is 12.0. The van der Waals surface area contributed by atoms with Crippen LogP contribution in [0.1, 0.15) is 199 Å². The van der Waals surface area contributed by atoms with Gasteiger partial charge in [-0.25, -0.2) is 4.18 Å². The molecule has 0 aliphatic carbocycles. The molecule has 0 aromatic heterocycles. The zero-order valence-electron chi connectivity index (χ0n) is 44.4. The normalized spacial score (nSPS) is 19.0. The van der Waals surface area contributed by atoms with Gasteiger partial charge in [0.1, 0.15) is 24.4 Å². The summed E-state index contributed by atoms with van der Waals surface area (Å²) in [5, 5.41) is 14.0. The Balaban J connectivity index is 1.68. The Bertz CT molecular complexity index is 1860. The fraction of sp³-hybridized carbons (Fsp3) is 0.732. The van der Waals surface area contributed by atoms with Gasteiger partial charge in [0.2, 0.25) is 5.91 Å². The Morgan fingerprint density at radius 3 is 1.63 bits per heavy atom. The number of hydrogen-bond acceptors (Lipinski definition) is 11. The van der Waals surface area contributed by atoms with E-state index in [2.05, 4.69) is 48.6 Å². The van der Waals surface area contributed by atoms with Crippen molar-refractivity contribution in [2.75, 3.05) is 6.61 Å². The number of nitrogens with one attached hydrogen (secondary N) is 1. The number of amides is 1. The van der Waals surface area contributed by atoms with Gasteiger partial charge in [0.15, 0.2) is 20.7 Å². The maximum atomic E-state index is 14.0. The van der Waals surface area contributed by atoms with E-state index in [1.165, 1.54) is 43.2 Å². The van der Waals surface area contributed by atoms with Gasteiger partial charge >= 0.3 is 22.3 Å². The van der Waals surface area contributed by atoms with Gasteiger partial charge in [-0.05, 0) is 80.6 Å². The highest BCUT2D eigenvalue weighted by molar-refractivity contribution is 7.80. The van der Waals surface area contributed by atoms with E-state index < -0.39 is 67.3 Å². The number of aliphatic hydroxyl groups is 1. The van der Waals surface area contributed by atoms with Gasteiger partial charge in [-0.15, -0.1) is 0 Å². The number of benzene rings is 2. The van der Waals surface area contributed by atoms with Crippen molar-refractivity contribution in [1.29, 1.82) is 0 Å². The second-order valence-corrected chi connectivity index (χ2v) is 27.2. The second kappa shape index (κ2) is 34.3. The van der Waals surface area contributed by atoms with Crippen LogP contribution in [0.25, 0.3) is 0 Å². The Labute approximate surface area is 429 Å². The second-order valence-electron chi connectivity index (χ2n) is 21.3. The SMILES string of the molecule is CCCCCCCCCCC[C@H](CC(=O)N[C@H]1C(O)O[C@H](CO[Si](C)(C)C(C)(C)C)[C@@H](OS(=O)(=O)O)[C@@H]1OC(=O)CCCCCCCCc1ccccc1)OC(=O)CCCCCCCCc1ccccc1. The van der Waals surface area contributed by atoms with E-state index in [0.29, 0.717) is 19.3 Å². The van der Waals surface area contributed by atoms with Crippen LogP contribution in [-0.4, -0.2) is 87.6 Å². The third kappa shape index (κ3) is 27.1. The molecule has 3 N–H and O–H groups in total. The van der Waals surface area contributed by atoms with E-state index >= 15 is 0 Å². The minimum atomic E-state index is -5.18. The molecule has 2 aromatic rings. The number of aryl methyl sites for hydroxylation is 2. The average molecular weight is 1030 g/mol. The molecule has 404 valence electrons. The van der Waals surface area contributed by atoms with Crippen molar-refractivity contribution in [2.45, 2.75) is 256 Å². The molecule has 0 spiro atoms. The zero-order valence-corrected chi connectivity index (χ0v) is 46.2. The Hall–Kier alpha value is -3.18. The van der Waals surface area contributed by atoms with Gasteiger partial charge in [0.05, 0.1) is 13.0 Å². The molecular weight excluding hydrogens is 939 g/mol. The van der Waals surface area contributed by atoms with Crippen LogP contribution in [0.4, 0.5) is 0 Å². The number of rotatable bonds is 38. The summed E-state index contributed by atoms with van der Waals surface area (Å²) in [6.07, 6.45) is 16.4. The molecule has 1 aliphatic heterocycles. The molecule has 1 amide bonds. The number of carbonyl (C=O) groups excluding carboxylic acids is 3. The van der Waals surface area contributed by atoms with Crippen molar-refractivity contribution in [2.24, 2.45) is 0 Å². The molecule has 0 saturated carbocycles. The molecule has 1 saturated heterocycles. The van der Waals surface area contributed by atoms with Crippen molar-refractivity contribution in [3.63, 3.8) is 0 Å². The van der Waals surface area contributed by atoms with Crippen molar-refractivity contribution >= 4 is 36.6 Å². The fourth-order valence-corrected chi connectivity index (χ4v) is 10.3. The smallest absolute Gasteiger partial charge is 0.397 e. The van der Waals surface area contributed by atoms with Gasteiger partial charge in [-0.2, -0.15) is 8.42 Å². The monoisotopic (exact) mass is 1030 g/mol. The lowest BCUT2D eigenvalue weighted by molar-refractivity contribution is -0.253. The number of unbranched alkanes of at least 4 members (excludes halogenated alkanes) is 18. The van der Waals surface area contributed by atoms with Crippen LogP contribution < -0.4 is 5.32 Å². The molecule has 3 rings (SSSR count). The van der Waals surface area contributed by atoms with E-state index in [1.54, 1.807) is 0 Å². The van der Waals surface area contributed by atoms with Gasteiger partial charge in [-0.3, -0.25) is 18.9 Å². The van der Waals surface area contributed by atoms with E-state index in [-0.39, 0.29) is 36.9 Å². The number of hydrogen-bond donors (Lipinski definition) is 3. The van der Waals surface area contributed by atoms with Gasteiger partial charge in [0, 0.05) is 12.8 Å². The topological polar surface area (TPSA) is 184 Å². The lowest BCUT2D eigenvalue weighted by Gasteiger charge is -2.45. The third-order valence-electron chi connectivity index (χ3n) is 14.1. The van der Waals surface area contributed by atoms with E-state index in [1.807, 2.05) is 58.1 Å². The molecular formula is C56H93NO12SSi. The van der Waals surface area contributed by atoms with E-state index in [0.717, 1.165) is 103 Å². The molecule has 2 aromatic carbocycles. The highest BCUT2D eigenvalue weighted by Crippen LogP contribution is 2.38. The molecule has 1 aliphatic rings.